The maximum Gasteiger partial charge on any atom is 0.251 e. The Labute approximate surface area is 235 Å². The smallest absolute Gasteiger partial charge is 0.251 e. The Balaban J connectivity index is 1.34. The summed E-state index contributed by atoms with van der Waals surface area (Å²) in [5, 5.41) is 36.2. The molecule has 0 bridgehead atoms. The number of carbonyl (C=O) groups is 1. The molecule has 12 nitrogen and oxygen atoms in total. The van der Waals surface area contributed by atoms with E-state index in [1.807, 2.05) is 0 Å². The van der Waals surface area contributed by atoms with Crippen molar-refractivity contribution in [1.82, 2.24) is 15.3 Å². The van der Waals surface area contributed by atoms with E-state index < -0.39 is 30.7 Å². The van der Waals surface area contributed by atoms with Gasteiger partial charge in [0.15, 0.2) is 5.75 Å². The first-order chi connectivity index (χ1) is 19.2. The maximum atomic E-state index is 12.1. The first-order valence-corrected chi connectivity index (χ1v) is 12.9. The number of anilines is 2. The Morgan fingerprint density at radius 1 is 1.05 bits per heavy atom. The molecule has 13 heteroatoms. The second-order valence-electron chi connectivity index (χ2n) is 8.95. The number of aliphatic hydroxyl groups excluding tert-OH is 3. The molecule has 1 amide bonds. The van der Waals surface area contributed by atoms with Gasteiger partial charge in [0.05, 0.1) is 30.6 Å². The lowest BCUT2D eigenvalue weighted by Gasteiger charge is -2.40. The van der Waals surface area contributed by atoms with Crippen LogP contribution in [0.2, 0.25) is 5.02 Å². The summed E-state index contributed by atoms with van der Waals surface area (Å²) in [7, 11) is 3.00. The van der Waals surface area contributed by atoms with Crippen LogP contribution >= 0.6 is 11.6 Å². The third kappa shape index (κ3) is 6.72. The molecule has 0 radical (unpaired) electrons. The number of benzene rings is 2. The van der Waals surface area contributed by atoms with Gasteiger partial charge in [-0.25, -0.2) is 9.97 Å². The van der Waals surface area contributed by atoms with Crippen molar-refractivity contribution >= 4 is 29.1 Å². The molecule has 1 aliphatic heterocycles. The van der Waals surface area contributed by atoms with Crippen LogP contribution in [0, 0.1) is 0 Å². The molecule has 40 heavy (non-hydrogen) atoms. The highest BCUT2D eigenvalue weighted by Gasteiger charge is 2.44. The normalized spacial score (nSPS) is 22.3. The Morgan fingerprint density at radius 3 is 2.38 bits per heavy atom. The molecule has 5 atom stereocenters. The zero-order chi connectivity index (χ0) is 28.8. The van der Waals surface area contributed by atoms with Crippen LogP contribution < -0.4 is 24.8 Å². The molecule has 1 fully saturated rings. The summed E-state index contributed by atoms with van der Waals surface area (Å²) < 4.78 is 22.3. The highest BCUT2D eigenvalue weighted by molar-refractivity contribution is 6.33. The quantitative estimate of drug-likeness (QED) is 0.241. The second kappa shape index (κ2) is 13.1. The van der Waals surface area contributed by atoms with E-state index in [1.165, 1.54) is 26.6 Å². The molecule has 1 aromatic heterocycles. The molecule has 0 spiro atoms. The Hall–Kier alpha value is -3.68. The fourth-order valence-electron chi connectivity index (χ4n) is 4.03. The summed E-state index contributed by atoms with van der Waals surface area (Å²) in [6.07, 6.45) is -2.31. The number of aliphatic hydroxyl groups is 3. The number of hydrogen-bond acceptors (Lipinski definition) is 11. The third-order valence-electron chi connectivity index (χ3n) is 6.28. The molecule has 3 aromatic rings. The lowest BCUT2D eigenvalue weighted by Crippen LogP contribution is -2.58. The monoisotopic (exact) mass is 574 g/mol. The summed E-state index contributed by atoms with van der Waals surface area (Å²) in [6.45, 7) is 1.86. The lowest BCUT2D eigenvalue weighted by atomic mass is 9.97. The van der Waals surface area contributed by atoms with Gasteiger partial charge in [-0.1, -0.05) is 18.5 Å². The van der Waals surface area contributed by atoms with E-state index in [2.05, 4.69) is 20.6 Å². The van der Waals surface area contributed by atoms with Crippen LogP contribution in [0.15, 0.2) is 48.8 Å². The minimum Gasteiger partial charge on any atom is -0.495 e. The average molecular weight is 575 g/mol. The van der Waals surface area contributed by atoms with Crippen molar-refractivity contribution in [3.8, 4) is 17.2 Å². The van der Waals surface area contributed by atoms with Gasteiger partial charge >= 0.3 is 0 Å². The molecule has 1 saturated heterocycles. The minimum absolute atomic E-state index is 0.0615. The highest BCUT2D eigenvalue weighted by atomic mass is 35.5. The number of halogens is 1. The number of methoxy groups -OCH3 is 1. The number of nitrogens with zero attached hydrogens (tertiary/aromatic N) is 2. The van der Waals surface area contributed by atoms with Crippen LogP contribution in [0.5, 0.6) is 17.2 Å². The molecule has 2 aromatic carbocycles. The molecule has 0 unspecified atom stereocenters. The van der Waals surface area contributed by atoms with Crippen molar-refractivity contribution in [1.29, 1.82) is 0 Å². The van der Waals surface area contributed by atoms with Gasteiger partial charge < -0.3 is 44.9 Å². The zero-order valence-electron chi connectivity index (χ0n) is 22.1. The predicted octanol–water partition coefficient (Wildman–Crippen LogP) is 2.42. The minimum atomic E-state index is -1.40. The van der Waals surface area contributed by atoms with Gasteiger partial charge in [0.2, 0.25) is 12.2 Å². The largest absolute Gasteiger partial charge is 0.495 e. The number of aromatic nitrogens is 2. The predicted molar refractivity (Wildman–Crippen MR) is 145 cm³/mol. The maximum absolute atomic E-state index is 12.1. The van der Waals surface area contributed by atoms with Crippen molar-refractivity contribution in [2.45, 2.75) is 50.7 Å². The summed E-state index contributed by atoms with van der Waals surface area (Å²) in [5.41, 5.74) is 1.61. The van der Waals surface area contributed by atoms with Crippen LogP contribution in [0.3, 0.4) is 0 Å². The number of hydrogen-bond donors (Lipinski definition) is 5. The van der Waals surface area contributed by atoms with Crippen molar-refractivity contribution in [2.24, 2.45) is 0 Å². The van der Waals surface area contributed by atoms with E-state index in [9.17, 15) is 20.1 Å². The van der Waals surface area contributed by atoms with E-state index >= 15 is 0 Å². The standard InChI is InChI=1S/C27H31ClN4O8/c1-4-19-22(33)23(34)24(35)26(40-19)39-17-7-5-16(6-8-17)32-27-30-11-18(12-31-27)38-13-15-9-14(25(36)29-2)10-20(37-3)21(15)28/h5-12,19,22-24,26,33-35H,4,13H2,1-3H3,(H,29,36)(H,30,31,32)/t19-,22-,23+,24-,26-/m1/s1. The number of nitrogens with one attached hydrogen (secondary N) is 2. The van der Waals surface area contributed by atoms with Crippen molar-refractivity contribution in [2.75, 3.05) is 19.5 Å². The van der Waals surface area contributed by atoms with E-state index in [1.54, 1.807) is 43.3 Å². The Bertz CT molecular complexity index is 1290. The third-order valence-corrected chi connectivity index (χ3v) is 6.71. The van der Waals surface area contributed by atoms with Crippen molar-refractivity contribution in [3.05, 3.63) is 64.9 Å². The topological polar surface area (TPSA) is 165 Å². The highest BCUT2D eigenvalue weighted by Crippen LogP contribution is 2.31. The first-order valence-electron chi connectivity index (χ1n) is 12.5. The average Bonchev–Trinajstić information content (AvgIpc) is 2.98. The molecule has 1 aliphatic rings. The molecule has 214 valence electrons. The van der Waals surface area contributed by atoms with E-state index in [0.717, 1.165) is 0 Å². The molecule has 2 heterocycles. The van der Waals surface area contributed by atoms with E-state index in [0.29, 0.717) is 51.5 Å². The second-order valence-corrected chi connectivity index (χ2v) is 9.33. The summed E-state index contributed by atoms with van der Waals surface area (Å²) in [4.78, 5) is 20.6. The molecule has 5 N–H and O–H groups in total. The van der Waals surface area contributed by atoms with Crippen LogP contribution in [0.1, 0.15) is 29.3 Å². The first kappa shape index (κ1) is 29.3. The lowest BCUT2D eigenvalue weighted by molar-refractivity contribution is -0.272. The number of ether oxygens (including phenoxy) is 4. The van der Waals surface area contributed by atoms with E-state index in [4.69, 9.17) is 30.5 Å². The van der Waals surface area contributed by atoms with Crippen molar-refractivity contribution in [3.63, 3.8) is 0 Å². The number of rotatable bonds is 10. The van der Waals surface area contributed by atoms with E-state index in [-0.39, 0.29) is 12.5 Å². The van der Waals surface area contributed by atoms with Gasteiger partial charge in [0.1, 0.15) is 36.4 Å². The molecule has 4 rings (SSSR count). The number of carbonyl (C=O) groups excluding carboxylic acids is 1. The zero-order valence-corrected chi connectivity index (χ0v) is 22.8. The van der Waals surface area contributed by atoms with Gasteiger partial charge in [-0.05, 0) is 42.8 Å². The van der Waals surface area contributed by atoms with Crippen LogP contribution in [-0.2, 0) is 11.3 Å². The summed E-state index contributed by atoms with van der Waals surface area (Å²) in [6, 6.07) is 9.92. The molecule has 0 saturated carbocycles. The van der Waals surface area contributed by atoms with Crippen LogP contribution in [0.25, 0.3) is 0 Å². The summed E-state index contributed by atoms with van der Waals surface area (Å²) >= 11 is 6.38. The van der Waals surface area contributed by atoms with Gasteiger partial charge in [0.25, 0.3) is 5.91 Å². The molecular formula is C27H31ClN4O8. The van der Waals surface area contributed by atoms with Gasteiger partial charge in [-0.3, -0.25) is 4.79 Å². The fraction of sp³-hybridized carbons (Fsp3) is 0.370. The fourth-order valence-corrected chi connectivity index (χ4v) is 4.27. The van der Waals surface area contributed by atoms with Gasteiger partial charge in [-0.15, -0.1) is 0 Å². The summed E-state index contributed by atoms with van der Waals surface area (Å²) in [5.74, 6) is 1.18. The molecular weight excluding hydrogens is 544 g/mol. The van der Waals surface area contributed by atoms with Gasteiger partial charge in [-0.2, -0.15) is 0 Å². The van der Waals surface area contributed by atoms with Crippen LogP contribution in [-0.4, -0.2) is 76.1 Å². The SMILES string of the molecule is CC[C@H]1O[C@@H](Oc2ccc(Nc3ncc(OCc4cc(C(=O)NC)cc(OC)c4Cl)cn3)cc2)[C@H](O)[C@@H](O)[C@@H]1O. The Morgan fingerprint density at radius 2 is 1.75 bits per heavy atom. The van der Waals surface area contributed by atoms with Gasteiger partial charge in [0, 0.05) is 23.9 Å². The Kier molecular flexibility index (Phi) is 9.61. The molecule has 0 aliphatic carbocycles. The van der Waals surface area contributed by atoms with Crippen molar-refractivity contribution < 1.29 is 39.1 Å². The van der Waals surface area contributed by atoms with Crippen LogP contribution in [0.4, 0.5) is 11.6 Å². The number of amides is 1.